The van der Waals surface area contributed by atoms with Crippen LogP contribution >= 0.6 is 11.8 Å². The Morgan fingerprint density at radius 1 is 1.60 bits per heavy atom. The number of nitrogens with two attached hydrogens (primary N) is 1. The average Bonchev–Trinajstić information content (AvgIpc) is 1.97. The largest absolute Gasteiger partial charge is 0.330 e. The zero-order chi connectivity index (χ0) is 7.82. The molecule has 0 fully saturated rings. The van der Waals surface area contributed by atoms with Gasteiger partial charge in [-0.1, -0.05) is 18.7 Å². The first-order chi connectivity index (χ1) is 4.81. The molecule has 0 spiro atoms. The third-order valence-corrected chi connectivity index (χ3v) is 2.19. The lowest BCUT2D eigenvalue weighted by atomic mass is 10.3. The highest BCUT2D eigenvalue weighted by molar-refractivity contribution is 8.13. The van der Waals surface area contributed by atoms with E-state index in [-0.39, 0.29) is 5.12 Å². The maximum atomic E-state index is 10.9. The fourth-order valence-corrected chi connectivity index (χ4v) is 1.25. The van der Waals surface area contributed by atoms with Crippen LogP contribution in [0.1, 0.15) is 26.2 Å². The van der Waals surface area contributed by atoms with Crippen LogP contribution < -0.4 is 5.73 Å². The normalized spacial score (nSPS) is 9.80. The molecule has 0 aromatic heterocycles. The molecule has 3 heteroatoms. The van der Waals surface area contributed by atoms with Gasteiger partial charge in [-0.3, -0.25) is 4.79 Å². The highest BCUT2D eigenvalue weighted by Crippen LogP contribution is 2.07. The van der Waals surface area contributed by atoms with Crippen molar-refractivity contribution < 1.29 is 4.79 Å². The first-order valence-corrected chi connectivity index (χ1v) is 4.65. The SMILES string of the molecule is CCCSC(=O)CCCN. The summed E-state index contributed by atoms with van der Waals surface area (Å²) in [5.74, 6) is 0.948. The average molecular weight is 161 g/mol. The van der Waals surface area contributed by atoms with E-state index in [0.717, 1.165) is 18.6 Å². The molecule has 0 radical (unpaired) electrons. The van der Waals surface area contributed by atoms with Crippen LogP contribution in [0.5, 0.6) is 0 Å². The fraction of sp³-hybridized carbons (Fsp3) is 0.857. The van der Waals surface area contributed by atoms with Crippen molar-refractivity contribution in [3.8, 4) is 0 Å². The van der Waals surface area contributed by atoms with Crippen molar-refractivity contribution in [1.29, 1.82) is 0 Å². The quantitative estimate of drug-likeness (QED) is 0.662. The van der Waals surface area contributed by atoms with E-state index in [4.69, 9.17) is 5.73 Å². The molecule has 0 aromatic rings. The molecule has 0 aliphatic carbocycles. The van der Waals surface area contributed by atoms with Crippen LogP contribution in [0.15, 0.2) is 0 Å². The summed E-state index contributed by atoms with van der Waals surface area (Å²) in [5.41, 5.74) is 5.24. The Bertz CT molecular complexity index is 85.6. The van der Waals surface area contributed by atoms with Crippen molar-refractivity contribution in [1.82, 2.24) is 0 Å². The van der Waals surface area contributed by atoms with Gasteiger partial charge in [-0.2, -0.15) is 0 Å². The fourth-order valence-electron chi connectivity index (χ4n) is 0.534. The monoisotopic (exact) mass is 161 g/mol. The number of rotatable bonds is 5. The third kappa shape index (κ3) is 6.11. The third-order valence-electron chi connectivity index (χ3n) is 1.05. The molecule has 0 saturated carbocycles. The lowest BCUT2D eigenvalue weighted by Gasteiger charge is -1.95. The Kier molecular flexibility index (Phi) is 7.08. The topological polar surface area (TPSA) is 43.1 Å². The summed E-state index contributed by atoms with van der Waals surface area (Å²) in [6.45, 7) is 2.70. The molecule has 0 aromatic carbocycles. The van der Waals surface area contributed by atoms with E-state index in [1.807, 2.05) is 0 Å². The van der Waals surface area contributed by atoms with E-state index in [2.05, 4.69) is 6.92 Å². The van der Waals surface area contributed by atoms with Gasteiger partial charge in [0.15, 0.2) is 5.12 Å². The number of hydrogen-bond acceptors (Lipinski definition) is 3. The minimum atomic E-state index is 0.285. The second kappa shape index (κ2) is 7.09. The molecule has 0 rings (SSSR count). The molecular formula is C7H15NOS. The maximum Gasteiger partial charge on any atom is 0.188 e. The first-order valence-electron chi connectivity index (χ1n) is 3.67. The van der Waals surface area contributed by atoms with E-state index in [1.165, 1.54) is 11.8 Å². The molecule has 0 aliphatic rings. The lowest BCUT2D eigenvalue weighted by molar-refractivity contribution is -0.111. The zero-order valence-electron chi connectivity index (χ0n) is 6.43. The molecule has 0 atom stereocenters. The van der Waals surface area contributed by atoms with Gasteiger partial charge in [-0.05, 0) is 19.4 Å². The molecule has 0 amide bonds. The van der Waals surface area contributed by atoms with E-state index in [1.54, 1.807) is 0 Å². The maximum absolute atomic E-state index is 10.9. The van der Waals surface area contributed by atoms with Gasteiger partial charge in [0.05, 0.1) is 0 Å². The van der Waals surface area contributed by atoms with Crippen molar-refractivity contribution in [2.75, 3.05) is 12.3 Å². The highest BCUT2D eigenvalue weighted by Gasteiger charge is 1.99. The Morgan fingerprint density at radius 3 is 2.80 bits per heavy atom. The number of carbonyl (C=O) groups is 1. The first kappa shape index (κ1) is 9.98. The zero-order valence-corrected chi connectivity index (χ0v) is 7.25. The van der Waals surface area contributed by atoms with Crippen molar-refractivity contribution in [3.63, 3.8) is 0 Å². The molecule has 2 nitrogen and oxygen atoms in total. The summed E-state index contributed by atoms with van der Waals surface area (Å²) in [5, 5.41) is 0.285. The Labute approximate surface area is 66.6 Å². The second-order valence-electron chi connectivity index (χ2n) is 2.11. The summed E-state index contributed by atoms with van der Waals surface area (Å²) < 4.78 is 0. The predicted molar refractivity (Wildman–Crippen MR) is 46.0 cm³/mol. The molecule has 0 saturated heterocycles. The van der Waals surface area contributed by atoms with Crippen LogP contribution in [0.3, 0.4) is 0 Å². The van der Waals surface area contributed by atoms with Crippen molar-refractivity contribution in [2.45, 2.75) is 26.2 Å². The van der Waals surface area contributed by atoms with Crippen LogP contribution in [-0.4, -0.2) is 17.4 Å². The molecule has 0 heterocycles. The van der Waals surface area contributed by atoms with Gasteiger partial charge in [-0.25, -0.2) is 0 Å². The molecule has 0 unspecified atom stereocenters. The molecule has 0 aliphatic heterocycles. The van der Waals surface area contributed by atoms with Crippen LogP contribution in [0.2, 0.25) is 0 Å². The van der Waals surface area contributed by atoms with E-state index < -0.39 is 0 Å². The van der Waals surface area contributed by atoms with E-state index in [0.29, 0.717) is 13.0 Å². The molecule has 2 N–H and O–H groups in total. The van der Waals surface area contributed by atoms with Crippen LogP contribution in [0.25, 0.3) is 0 Å². The Balaban J connectivity index is 3.09. The van der Waals surface area contributed by atoms with Gasteiger partial charge in [0.1, 0.15) is 0 Å². The Hall–Kier alpha value is -0.0200. The molecular weight excluding hydrogens is 146 g/mol. The number of thioether (sulfide) groups is 1. The smallest absolute Gasteiger partial charge is 0.188 e. The summed E-state index contributed by atoms with van der Waals surface area (Å²) >= 11 is 1.42. The summed E-state index contributed by atoms with van der Waals surface area (Å²) in [4.78, 5) is 10.9. The van der Waals surface area contributed by atoms with Gasteiger partial charge in [-0.15, -0.1) is 0 Å². The van der Waals surface area contributed by atoms with Crippen molar-refractivity contribution in [2.24, 2.45) is 5.73 Å². The second-order valence-corrected chi connectivity index (χ2v) is 3.26. The van der Waals surface area contributed by atoms with Gasteiger partial charge in [0.2, 0.25) is 0 Å². The van der Waals surface area contributed by atoms with Gasteiger partial charge in [0, 0.05) is 12.2 Å². The van der Waals surface area contributed by atoms with Gasteiger partial charge < -0.3 is 5.73 Å². The van der Waals surface area contributed by atoms with Crippen molar-refractivity contribution >= 4 is 16.9 Å². The number of hydrogen-bond donors (Lipinski definition) is 1. The molecule has 60 valence electrons. The van der Waals surface area contributed by atoms with Crippen molar-refractivity contribution in [3.05, 3.63) is 0 Å². The lowest BCUT2D eigenvalue weighted by Crippen LogP contribution is -2.02. The molecule has 0 bridgehead atoms. The highest BCUT2D eigenvalue weighted by atomic mass is 32.2. The van der Waals surface area contributed by atoms with Gasteiger partial charge in [0.25, 0.3) is 0 Å². The molecule has 10 heavy (non-hydrogen) atoms. The van der Waals surface area contributed by atoms with Crippen LogP contribution in [0, 0.1) is 0 Å². The standard InChI is InChI=1S/C7H15NOS/c1-2-6-10-7(9)4-3-5-8/h2-6,8H2,1H3. The number of carbonyl (C=O) groups excluding carboxylic acids is 1. The van der Waals surface area contributed by atoms with Crippen LogP contribution in [0.4, 0.5) is 0 Å². The van der Waals surface area contributed by atoms with E-state index in [9.17, 15) is 4.79 Å². The minimum Gasteiger partial charge on any atom is -0.330 e. The predicted octanol–water partition coefficient (Wildman–Crippen LogP) is 1.40. The minimum absolute atomic E-state index is 0.285. The van der Waals surface area contributed by atoms with Gasteiger partial charge >= 0.3 is 0 Å². The Morgan fingerprint density at radius 2 is 2.30 bits per heavy atom. The van der Waals surface area contributed by atoms with Crippen LogP contribution in [-0.2, 0) is 4.79 Å². The van der Waals surface area contributed by atoms with E-state index >= 15 is 0 Å². The summed E-state index contributed by atoms with van der Waals surface area (Å²) in [6.07, 6.45) is 2.54. The summed E-state index contributed by atoms with van der Waals surface area (Å²) in [7, 11) is 0. The summed E-state index contributed by atoms with van der Waals surface area (Å²) in [6, 6.07) is 0.